The van der Waals surface area contributed by atoms with Crippen molar-refractivity contribution < 1.29 is 9.53 Å². The molecule has 0 unspecified atom stereocenters. The van der Waals surface area contributed by atoms with Gasteiger partial charge in [0.25, 0.3) is 6.26 Å². The van der Waals surface area contributed by atoms with Gasteiger partial charge in [-0.2, -0.15) is 0 Å². The van der Waals surface area contributed by atoms with Crippen molar-refractivity contribution in [2.45, 2.75) is 19.8 Å². The van der Waals surface area contributed by atoms with E-state index in [1.54, 1.807) is 0 Å². The number of nitriles is 1. The molecule has 54 valence electrons. The molecule has 0 aromatic carbocycles. The lowest BCUT2D eigenvalue weighted by molar-refractivity contribution is -0.132. The third-order valence-corrected chi connectivity index (χ3v) is 0.979. The van der Waals surface area contributed by atoms with Gasteiger partial charge >= 0.3 is 5.97 Å². The molecule has 3 nitrogen and oxygen atoms in total. The number of esters is 1. The zero-order valence-corrected chi connectivity index (χ0v) is 5.89. The van der Waals surface area contributed by atoms with Gasteiger partial charge in [-0.05, 0) is 6.42 Å². The number of ether oxygens (including phenoxy) is 1. The van der Waals surface area contributed by atoms with Crippen molar-refractivity contribution in [3.05, 3.63) is 12.2 Å². The van der Waals surface area contributed by atoms with Crippen molar-refractivity contribution in [1.82, 2.24) is 0 Å². The first-order chi connectivity index (χ1) is 4.72. The van der Waals surface area contributed by atoms with E-state index in [0.29, 0.717) is 12.0 Å². The summed E-state index contributed by atoms with van der Waals surface area (Å²) in [7, 11) is 0. The smallest absolute Gasteiger partial charge is 0.347 e. The fourth-order valence-electron chi connectivity index (χ4n) is 0.517. The van der Waals surface area contributed by atoms with E-state index in [2.05, 4.69) is 11.3 Å². The van der Waals surface area contributed by atoms with E-state index < -0.39 is 5.97 Å². The van der Waals surface area contributed by atoms with E-state index in [-0.39, 0.29) is 0 Å². The van der Waals surface area contributed by atoms with Gasteiger partial charge in [0.15, 0.2) is 0 Å². The van der Waals surface area contributed by atoms with Crippen LogP contribution in [0.15, 0.2) is 12.2 Å². The molecule has 0 fully saturated rings. The number of nitrogens with zero attached hydrogens (tertiary/aromatic N) is 1. The van der Waals surface area contributed by atoms with Gasteiger partial charge < -0.3 is 4.74 Å². The molecule has 0 aliphatic heterocycles. The molecule has 0 aromatic rings. The summed E-state index contributed by atoms with van der Waals surface area (Å²) in [6.45, 7) is 5.36. The molecule has 0 saturated carbocycles. The van der Waals surface area contributed by atoms with Gasteiger partial charge in [0.2, 0.25) is 0 Å². The molecular formula is C7H9NO2. The molecule has 0 saturated heterocycles. The van der Waals surface area contributed by atoms with Crippen LogP contribution in [0.5, 0.6) is 0 Å². The van der Waals surface area contributed by atoms with Crippen LogP contribution in [0.2, 0.25) is 0 Å². The molecule has 0 rings (SSSR count). The maximum atomic E-state index is 10.6. The van der Waals surface area contributed by atoms with Gasteiger partial charge in [-0.1, -0.05) is 19.9 Å². The van der Waals surface area contributed by atoms with E-state index in [1.807, 2.05) is 6.92 Å². The van der Waals surface area contributed by atoms with Gasteiger partial charge in [0.05, 0.1) is 0 Å². The summed E-state index contributed by atoms with van der Waals surface area (Å²) in [6, 6.07) is 0. The van der Waals surface area contributed by atoms with Gasteiger partial charge in [-0.15, -0.1) is 5.26 Å². The fourth-order valence-corrected chi connectivity index (χ4v) is 0.517. The normalized spacial score (nSPS) is 8.00. The summed E-state index contributed by atoms with van der Waals surface area (Å²) in [5, 5.41) is 7.92. The molecule has 0 bridgehead atoms. The van der Waals surface area contributed by atoms with E-state index in [4.69, 9.17) is 5.26 Å². The topological polar surface area (TPSA) is 50.1 Å². The highest BCUT2D eigenvalue weighted by Gasteiger charge is 2.05. The van der Waals surface area contributed by atoms with Crippen LogP contribution in [0.4, 0.5) is 0 Å². The average Bonchev–Trinajstić information content (AvgIpc) is 1.89. The molecule has 3 heteroatoms. The summed E-state index contributed by atoms with van der Waals surface area (Å²) in [5.74, 6) is -0.621. The zero-order valence-electron chi connectivity index (χ0n) is 5.89. The van der Waals surface area contributed by atoms with Gasteiger partial charge in [-0.3, -0.25) is 0 Å². The second-order valence-electron chi connectivity index (χ2n) is 1.83. The minimum atomic E-state index is -0.621. The molecule has 10 heavy (non-hydrogen) atoms. The Kier molecular flexibility index (Phi) is 3.97. The van der Waals surface area contributed by atoms with Crippen molar-refractivity contribution in [2.75, 3.05) is 0 Å². The highest BCUT2D eigenvalue weighted by Crippen LogP contribution is 2.02. The van der Waals surface area contributed by atoms with E-state index in [1.165, 1.54) is 6.26 Å². The van der Waals surface area contributed by atoms with Crippen molar-refractivity contribution >= 4 is 5.97 Å². The first kappa shape index (κ1) is 8.70. The lowest BCUT2D eigenvalue weighted by atomic mass is 10.2. The van der Waals surface area contributed by atoms with Gasteiger partial charge in [0.1, 0.15) is 0 Å². The summed E-state index contributed by atoms with van der Waals surface area (Å²) < 4.78 is 4.02. The molecule has 0 aliphatic rings. The zero-order chi connectivity index (χ0) is 7.98. The van der Waals surface area contributed by atoms with Crippen LogP contribution >= 0.6 is 0 Å². The van der Waals surface area contributed by atoms with Crippen LogP contribution in [0.3, 0.4) is 0 Å². The van der Waals surface area contributed by atoms with E-state index >= 15 is 0 Å². The number of rotatable bonds is 3. The third kappa shape index (κ3) is 2.88. The molecule has 0 amide bonds. The summed E-state index contributed by atoms with van der Waals surface area (Å²) >= 11 is 0. The molecule has 0 aliphatic carbocycles. The predicted molar refractivity (Wildman–Crippen MR) is 35.8 cm³/mol. The highest BCUT2D eigenvalue weighted by atomic mass is 16.5. The molecule has 0 radical (unpaired) electrons. The Balaban J connectivity index is 3.74. The minimum Gasteiger partial charge on any atom is -0.347 e. The molecular weight excluding hydrogens is 130 g/mol. The maximum Gasteiger partial charge on any atom is 0.348 e. The Bertz CT molecular complexity index is 179. The fraction of sp³-hybridized carbons (Fsp3) is 0.429. The minimum absolute atomic E-state index is 0.351. The van der Waals surface area contributed by atoms with Crippen LogP contribution < -0.4 is 0 Å². The number of carbonyl (C=O) groups excluding carboxylic acids is 1. The van der Waals surface area contributed by atoms with Crippen molar-refractivity contribution in [1.29, 1.82) is 5.26 Å². The largest absolute Gasteiger partial charge is 0.348 e. The lowest BCUT2D eigenvalue weighted by Crippen LogP contribution is -2.02. The van der Waals surface area contributed by atoms with Crippen molar-refractivity contribution in [3.8, 4) is 6.26 Å². The SMILES string of the molecule is C=C(CCC)C(=O)OC#N. The second kappa shape index (κ2) is 4.57. The van der Waals surface area contributed by atoms with Gasteiger partial charge in [0, 0.05) is 5.57 Å². The lowest BCUT2D eigenvalue weighted by Gasteiger charge is -1.95. The Morgan fingerprint density at radius 2 is 2.40 bits per heavy atom. The van der Waals surface area contributed by atoms with Crippen LogP contribution in [-0.4, -0.2) is 5.97 Å². The van der Waals surface area contributed by atoms with Crippen LogP contribution in [0, 0.1) is 11.5 Å². The molecule has 0 atom stereocenters. The second-order valence-corrected chi connectivity index (χ2v) is 1.83. The summed E-state index contributed by atoms with van der Waals surface area (Å²) in [6.07, 6.45) is 2.71. The average molecular weight is 139 g/mol. The molecule has 0 N–H and O–H groups in total. The summed E-state index contributed by atoms with van der Waals surface area (Å²) in [4.78, 5) is 10.6. The summed E-state index contributed by atoms with van der Waals surface area (Å²) in [5.41, 5.74) is 0.351. The number of hydrogen-bond donors (Lipinski definition) is 0. The Hall–Kier alpha value is -1.30. The van der Waals surface area contributed by atoms with Crippen molar-refractivity contribution in [3.63, 3.8) is 0 Å². The third-order valence-electron chi connectivity index (χ3n) is 0.979. The van der Waals surface area contributed by atoms with Gasteiger partial charge in [-0.25, -0.2) is 4.79 Å². The Morgan fingerprint density at radius 3 is 2.80 bits per heavy atom. The quantitative estimate of drug-likeness (QED) is 0.337. The number of hydrogen-bond acceptors (Lipinski definition) is 3. The standard InChI is InChI=1S/C7H9NO2/c1-3-4-6(2)7(9)10-5-8/h2-4H2,1H3. The van der Waals surface area contributed by atoms with Crippen LogP contribution in [-0.2, 0) is 9.53 Å². The van der Waals surface area contributed by atoms with E-state index in [9.17, 15) is 4.79 Å². The van der Waals surface area contributed by atoms with Crippen LogP contribution in [0.25, 0.3) is 0 Å². The first-order valence-corrected chi connectivity index (χ1v) is 3.00. The van der Waals surface area contributed by atoms with Crippen molar-refractivity contribution in [2.24, 2.45) is 0 Å². The number of carbonyl (C=O) groups is 1. The predicted octanol–water partition coefficient (Wildman–Crippen LogP) is 1.37. The molecule has 0 heterocycles. The Morgan fingerprint density at radius 1 is 1.80 bits per heavy atom. The Labute approximate surface area is 59.9 Å². The highest BCUT2D eigenvalue weighted by molar-refractivity contribution is 5.88. The maximum absolute atomic E-state index is 10.6. The molecule has 0 spiro atoms. The molecule has 0 aromatic heterocycles. The monoisotopic (exact) mass is 139 g/mol. The first-order valence-electron chi connectivity index (χ1n) is 3.00. The van der Waals surface area contributed by atoms with E-state index in [0.717, 1.165) is 6.42 Å². The van der Waals surface area contributed by atoms with Crippen LogP contribution in [0.1, 0.15) is 19.8 Å².